The molecule has 2 aromatic rings. The van der Waals surface area contributed by atoms with E-state index >= 15 is 0 Å². The van der Waals surface area contributed by atoms with Gasteiger partial charge in [-0.1, -0.05) is 0 Å². The third-order valence-corrected chi connectivity index (χ3v) is 3.25. The van der Waals surface area contributed by atoms with Crippen LogP contribution in [0.5, 0.6) is 5.75 Å². The van der Waals surface area contributed by atoms with Gasteiger partial charge in [-0.15, -0.1) is 0 Å². The zero-order valence-corrected chi connectivity index (χ0v) is 11.9. The lowest BCUT2D eigenvalue weighted by molar-refractivity contribution is 0.112. The van der Waals surface area contributed by atoms with Crippen LogP contribution in [-0.4, -0.2) is 22.5 Å². The lowest BCUT2D eigenvalue weighted by atomic mass is 10.1. The van der Waals surface area contributed by atoms with Crippen molar-refractivity contribution in [3.05, 3.63) is 62.4 Å². The molecule has 0 radical (unpaired) electrons. The van der Waals surface area contributed by atoms with Crippen LogP contribution < -0.4 is 16.0 Å². The summed E-state index contributed by atoms with van der Waals surface area (Å²) < 4.78 is 7.78. The number of rotatable bonds is 5. The normalized spacial score (nSPS) is 10.4. The maximum Gasteiger partial charge on any atom is 0.331 e. The maximum atomic E-state index is 12.2. The monoisotopic (exact) mass is 288 g/mol. The van der Waals surface area contributed by atoms with Crippen LogP contribution in [0.25, 0.3) is 0 Å². The molecule has 0 N–H and O–H groups in total. The lowest BCUT2D eigenvalue weighted by Crippen LogP contribution is -2.39. The van der Waals surface area contributed by atoms with Gasteiger partial charge in [0.2, 0.25) is 0 Å². The third-order valence-electron chi connectivity index (χ3n) is 3.25. The predicted molar refractivity (Wildman–Crippen MR) is 78.1 cm³/mol. The first-order valence-electron chi connectivity index (χ1n) is 6.53. The van der Waals surface area contributed by atoms with Crippen LogP contribution in [0.1, 0.15) is 22.8 Å². The van der Waals surface area contributed by atoms with Gasteiger partial charge in [-0.25, -0.2) is 4.79 Å². The number of carbonyl (C=O) groups excluding carboxylic acids is 1. The summed E-state index contributed by atoms with van der Waals surface area (Å²) in [5.74, 6) is 0.527. The lowest BCUT2D eigenvalue weighted by Gasteiger charge is -2.11. The predicted octanol–water partition coefficient (Wildman–Crippen LogP) is 0.899. The largest absolute Gasteiger partial charge is 0.496 e. The Morgan fingerprint density at radius 3 is 2.62 bits per heavy atom. The van der Waals surface area contributed by atoms with E-state index < -0.39 is 0 Å². The molecule has 1 aromatic carbocycles. The molecule has 0 bridgehead atoms. The number of methoxy groups -OCH3 is 1. The number of ether oxygens (including phenoxy) is 1. The Labute approximate surface area is 121 Å². The summed E-state index contributed by atoms with van der Waals surface area (Å²) in [6.07, 6.45) is 2.18. The van der Waals surface area contributed by atoms with Crippen LogP contribution in [0.4, 0.5) is 0 Å². The number of benzene rings is 1. The van der Waals surface area contributed by atoms with Crippen LogP contribution in [0.2, 0.25) is 0 Å². The molecule has 0 atom stereocenters. The fourth-order valence-electron chi connectivity index (χ4n) is 2.11. The van der Waals surface area contributed by atoms with Gasteiger partial charge in [0.05, 0.1) is 13.7 Å². The second-order valence-electron chi connectivity index (χ2n) is 4.50. The van der Waals surface area contributed by atoms with Gasteiger partial charge < -0.3 is 9.30 Å². The maximum absolute atomic E-state index is 12.2. The zero-order chi connectivity index (χ0) is 15.4. The molecule has 0 unspecified atom stereocenters. The Morgan fingerprint density at radius 1 is 1.24 bits per heavy atom. The molecular weight excluding hydrogens is 272 g/mol. The molecule has 110 valence electrons. The molecular formula is C15H16N2O4. The number of aldehydes is 1. The molecule has 0 aliphatic carbocycles. The molecule has 0 amide bonds. The van der Waals surface area contributed by atoms with Crippen LogP contribution in [0.3, 0.4) is 0 Å². The molecule has 0 saturated heterocycles. The van der Waals surface area contributed by atoms with E-state index in [0.717, 1.165) is 4.57 Å². The minimum Gasteiger partial charge on any atom is -0.496 e. The second kappa shape index (κ2) is 6.21. The standard InChI is InChI=1S/C15H16N2O4/c1-3-16-7-6-14(19)17(15(16)20)9-12-8-11(10-18)4-5-13(12)21-2/h4-8,10H,3,9H2,1-2H3. The van der Waals surface area contributed by atoms with E-state index in [2.05, 4.69) is 0 Å². The van der Waals surface area contributed by atoms with Crippen molar-refractivity contribution in [2.24, 2.45) is 0 Å². The first-order chi connectivity index (χ1) is 10.1. The molecule has 0 fully saturated rings. The fraction of sp³-hybridized carbons (Fsp3) is 0.267. The summed E-state index contributed by atoms with van der Waals surface area (Å²) in [5.41, 5.74) is 0.299. The average Bonchev–Trinajstić information content (AvgIpc) is 2.51. The summed E-state index contributed by atoms with van der Waals surface area (Å²) in [6.45, 7) is 2.36. The molecule has 1 heterocycles. The summed E-state index contributed by atoms with van der Waals surface area (Å²) in [5, 5.41) is 0. The van der Waals surface area contributed by atoms with Crippen molar-refractivity contribution >= 4 is 6.29 Å². The van der Waals surface area contributed by atoms with Gasteiger partial charge in [0.15, 0.2) is 0 Å². The second-order valence-corrected chi connectivity index (χ2v) is 4.50. The molecule has 2 rings (SSSR count). The third kappa shape index (κ3) is 2.94. The van der Waals surface area contributed by atoms with Gasteiger partial charge in [-0.3, -0.25) is 14.2 Å². The molecule has 0 aliphatic heterocycles. The summed E-state index contributed by atoms with van der Waals surface area (Å²) in [6, 6.07) is 6.22. The van der Waals surface area contributed by atoms with Gasteiger partial charge in [0.25, 0.3) is 5.56 Å². The van der Waals surface area contributed by atoms with Crippen molar-refractivity contribution in [1.29, 1.82) is 0 Å². The van der Waals surface area contributed by atoms with E-state index in [-0.39, 0.29) is 17.8 Å². The van der Waals surface area contributed by atoms with Crippen molar-refractivity contribution in [1.82, 2.24) is 9.13 Å². The number of hydrogen-bond donors (Lipinski definition) is 0. The van der Waals surface area contributed by atoms with Crippen molar-refractivity contribution < 1.29 is 9.53 Å². The zero-order valence-electron chi connectivity index (χ0n) is 11.9. The number of hydrogen-bond acceptors (Lipinski definition) is 4. The van der Waals surface area contributed by atoms with E-state index in [1.54, 1.807) is 18.2 Å². The Balaban J connectivity index is 2.54. The Hall–Kier alpha value is -2.63. The summed E-state index contributed by atoms with van der Waals surface area (Å²) in [4.78, 5) is 35.0. The SMILES string of the molecule is CCn1ccc(=O)n(Cc2cc(C=O)ccc2OC)c1=O. The van der Waals surface area contributed by atoms with Crippen LogP contribution in [-0.2, 0) is 13.1 Å². The van der Waals surface area contributed by atoms with Crippen molar-refractivity contribution in [3.63, 3.8) is 0 Å². The van der Waals surface area contributed by atoms with Crippen LogP contribution >= 0.6 is 0 Å². The van der Waals surface area contributed by atoms with E-state index in [9.17, 15) is 14.4 Å². The van der Waals surface area contributed by atoms with Gasteiger partial charge >= 0.3 is 5.69 Å². The molecule has 6 heteroatoms. The number of aromatic nitrogens is 2. The van der Waals surface area contributed by atoms with E-state index in [1.165, 1.54) is 23.9 Å². The van der Waals surface area contributed by atoms with Crippen molar-refractivity contribution in [2.75, 3.05) is 7.11 Å². The molecule has 0 saturated carbocycles. The van der Waals surface area contributed by atoms with Crippen molar-refractivity contribution in [2.45, 2.75) is 20.0 Å². The highest BCUT2D eigenvalue weighted by Crippen LogP contribution is 2.19. The fourth-order valence-corrected chi connectivity index (χ4v) is 2.11. The van der Waals surface area contributed by atoms with Gasteiger partial charge in [-0.05, 0) is 25.1 Å². The van der Waals surface area contributed by atoms with Crippen LogP contribution in [0, 0.1) is 0 Å². The minimum atomic E-state index is -0.386. The minimum absolute atomic E-state index is 0.0589. The number of aryl methyl sites for hydroxylation is 1. The summed E-state index contributed by atoms with van der Waals surface area (Å²) >= 11 is 0. The molecule has 21 heavy (non-hydrogen) atoms. The van der Waals surface area contributed by atoms with Gasteiger partial charge in [0.1, 0.15) is 12.0 Å². The topological polar surface area (TPSA) is 70.3 Å². The van der Waals surface area contributed by atoms with Gasteiger partial charge in [-0.2, -0.15) is 0 Å². The Bertz CT molecular complexity index is 774. The smallest absolute Gasteiger partial charge is 0.331 e. The molecule has 1 aromatic heterocycles. The highest BCUT2D eigenvalue weighted by atomic mass is 16.5. The molecule has 0 spiro atoms. The van der Waals surface area contributed by atoms with Gasteiger partial charge in [0, 0.05) is 29.9 Å². The Morgan fingerprint density at radius 2 is 2.00 bits per heavy atom. The van der Waals surface area contributed by atoms with Crippen molar-refractivity contribution in [3.8, 4) is 5.75 Å². The van der Waals surface area contributed by atoms with E-state index in [4.69, 9.17) is 4.74 Å². The highest BCUT2D eigenvalue weighted by Gasteiger charge is 2.10. The highest BCUT2D eigenvalue weighted by molar-refractivity contribution is 5.75. The first kappa shape index (κ1) is 14.8. The average molecular weight is 288 g/mol. The Kier molecular flexibility index (Phi) is 4.37. The number of carbonyl (C=O) groups is 1. The number of nitrogens with zero attached hydrogens (tertiary/aromatic N) is 2. The first-order valence-corrected chi connectivity index (χ1v) is 6.53. The summed E-state index contributed by atoms with van der Waals surface area (Å²) in [7, 11) is 1.50. The molecule has 6 nitrogen and oxygen atoms in total. The van der Waals surface area contributed by atoms with Crippen LogP contribution in [0.15, 0.2) is 40.1 Å². The molecule has 0 aliphatic rings. The van der Waals surface area contributed by atoms with E-state index in [1.807, 2.05) is 6.92 Å². The quantitative estimate of drug-likeness (QED) is 0.766. The van der Waals surface area contributed by atoms with E-state index in [0.29, 0.717) is 29.7 Å².